The minimum absolute atomic E-state index is 0.276. The molecule has 0 saturated carbocycles. The highest BCUT2D eigenvalue weighted by Gasteiger charge is 2.27. The summed E-state index contributed by atoms with van der Waals surface area (Å²) in [6.45, 7) is 2.61. The number of hydrogen-bond acceptors (Lipinski definition) is 3. The molecule has 0 saturated heterocycles. The van der Waals surface area contributed by atoms with Crippen LogP contribution in [0, 0.1) is 6.92 Å². The standard InChI is InChI=1S/C12H16F3N3O/c1-9-8-16-5-3-10(9)17-6-7-18-11(19)2-4-12(13,14)15/h3,5,8H,2,4,6-7H2,1H3,(H,16,17)(H,18,19). The van der Waals surface area contributed by atoms with Crippen LogP contribution in [0.5, 0.6) is 0 Å². The molecule has 0 aliphatic rings. The third-order valence-corrected chi connectivity index (χ3v) is 2.42. The van der Waals surface area contributed by atoms with E-state index < -0.39 is 24.9 Å². The molecule has 4 nitrogen and oxygen atoms in total. The van der Waals surface area contributed by atoms with Gasteiger partial charge in [0.05, 0.1) is 6.42 Å². The van der Waals surface area contributed by atoms with Crippen LogP contribution in [0.25, 0.3) is 0 Å². The maximum absolute atomic E-state index is 11.9. The molecular formula is C12H16F3N3O. The Morgan fingerprint density at radius 2 is 2.11 bits per heavy atom. The average molecular weight is 275 g/mol. The predicted octanol–water partition coefficient (Wildman–Crippen LogP) is 2.26. The summed E-state index contributed by atoms with van der Waals surface area (Å²) in [5.74, 6) is -0.592. The van der Waals surface area contributed by atoms with Crippen molar-refractivity contribution in [1.29, 1.82) is 0 Å². The molecule has 0 aromatic carbocycles. The fraction of sp³-hybridized carbons (Fsp3) is 0.500. The third kappa shape index (κ3) is 6.64. The van der Waals surface area contributed by atoms with E-state index in [9.17, 15) is 18.0 Å². The molecule has 1 amide bonds. The largest absolute Gasteiger partial charge is 0.389 e. The lowest BCUT2D eigenvalue weighted by atomic mass is 10.2. The fourth-order valence-corrected chi connectivity index (χ4v) is 1.41. The Balaban J connectivity index is 2.17. The zero-order valence-corrected chi connectivity index (χ0v) is 10.5. The summed E-state index contributed by atoms with van der Waals surface area (Å²) in [7, 11) is 0. The van der Waals surface area contributed by atoms with Crippen LogP contribution in [0.1, 0.15) is 18.4 Å². The van der Waals surface area contributed by atoms with Crippen molar-refractivity contribution in [2.45, 2.75) is 25.9 Å². The number of carbonyl (C=O) groups is 1. The highest BCUT2D eigenvalue weighted by Crippen LogP contribution is 2.20. The Labute approximate surface area is 109 Å². The molecule has 0 bridgehead atoms. The van der Waals surface area contributed by atoms with E-state index in [0.29, 0.717) is 6.54 Å². The van der Waals surface area contributed by atoms with E-state index in [1.165, 1.54) is 0 Å². The van der Waals surface area contributed by atoms with E-state index in [0.717, 1.165) is 11.3 Å². The number of halogens is 3. The molecule has 1 heterocycles. The van der Waals surface area contributed by atoms with Gasteiger partial charge in [-0.3, -0.25) is 9.78 Å². The maximum Gasteiger partial charge on any atom is 0.389 e. The molecule has 0 aliphatic heterocycles. The number of hydrogen-bond donors (Lipinski definition) is 2. The van der Waals surface area contributed by atoms with Gasteiger partial charge in [0.25, 0.3) is 0 Å². The summed E-state index contributed by atoms with van der Waals surface area (Å²) in [4.78, 5) is 15.1. The van der Waals surface area contributed by atoms with Gasteiger partial charge in [0.2, 0.25) is 5.91 Å². The van der Waals surface area contributed by atoms with E-state index in [1.807, 2.05) is 6.92 Å². The Kier molecular flexibility index (Phi) is 5.59. The van der Waals surface area contributed by atoms with E-state index in [2.05, 4.69) is 15.6 Å². The van der Waals surface area contributed by atoms with Crippen molar-refractivity contribution in [2.75, 3.05) is 18.4 Å². The van der Waals surface area contributed by atoms with Gasteiger partial charge in [-0.25, -0.2) is 0 Å². The number of carbonyl (C=O) groups excluding carboxylic acids is 1. The molecule has 106 valence electrons. The lowest BCUT2D eigenvalue weighted by Crippen LogP contribution is -2.29. The van der Waals surface area contributed by atoms with Gasteiger partial charge in [-0.05, 0) is 18.6 Å². The van der Waals surface area contributed by atoms with Crippen LogP contribution in [0.4, 0.5) is 18.9 Å². The monoisotopic (exact) mass is 275 g/mol. The second kappa shape index (κ2) is 6.96. The van der Waals surface area contributed by atoms with Crippen LogP contribution < -0.4 is 10.6 Å². The number of aromatic nitrogens is 1. The SMILES string of the molecule is Cc1cnccc1NCCNC(=O)CCC(F)(F)F. The Morgan fingerprint density at radius 3 is 2.74 bits per heavy atom. The zero-order chi connectivity index (χ0) is 14.3. The highest BCUT2D eigenvalue weighted by atomic mass is 19.4. The number of nitrogens with zero attached hydrogens (tertiary/aromatic N) is 1. The molecule has 1 rings (SSSR count). The maximum atomic E-state index is 11.9. The molecule has 19 heavy (non-hydrogen) atoms. The van der Waals surface area contributed by atoms with Crippen molar-refractivity contribution >= 4 is 11.6 Å². The van der Waals surface area contributed by atoms with E-state index >= 15 is 0 Å². The summed E-state index contributed by atoms with van der Waals surface area (Å²) in [6, 6.07) is 1.79. The highest BCUT2D eigenvalue weighted by molar-refractivity contribution is 5.75. The Hall–Kier alpha value is -1.79. The molecule has 0 aliphatic carbocycles. The minimum Gasteiger partial charge on any atom is -0.383 e. The number of aryl methyl sites for hydroxylation is 1. The normalized spacial score (nSPS) is 11.2. The van der Waals surface area contributed by atoms with E-state index in [4.69, 9.17) is 0 Å². The predicted molar refractivity (Wildman–Crippen MR) is 65.8 cm³/mol. The van der Waals surface area contributed by atoms with Crippen LogP contribution in [0.15, 0.2) is 18.5 Å². The number of rotatable bonds is 6. The van der Waals surface area contributed by atoms with E-state index in [-0.39, 0.29) is 6.54 Å². The van der Waals surface area contributed by atoms with Crippen molar-refractivity contribution in [3.63, 3.8) is 0 Å². The quantitative estimate of drug-likeness (QED) is 0.783. The van der Waals surface area contributed by atoms with Gasteiger partial charge < -0.3 is 10.6 Å². The van der Waals surface area contributed by atoms with Gasteiger partial charge >= 0.3 is 6.18 Å². The molecule has 0 radical (unpaired) electrons. The van der Waals surface area contributed by atoms with Crippen molar-refractivity contribution < 1.29 is 18.0 Å². The number of pyridine rings is 1. The summed E-state index contributed by atoms with van der Waals surface area (Å²) < 4.78 is 35.6. The Morgan fingerprint density at radius 1 is 1.37 bits per heavy atom. The second-order valence-electron chi connectivity index (χ2n) is 4.08. The third-order valence-electron chi connectivity index (χ3n) is 2.42. The van der Waals surface area contributed by atoms with Crippen molar-refractivity contribution in [3.8, 4) is 0 Å². The summed E-state index contributed by atoms with van der Waals surface area (Å²) in [6.07, 6.45) is -2.57. The number of alkyl halides is 3. The van der Waals surface area contributed by atoms with Gasteiger partial charge in [-0.15, -0.1) is 0 Å². The summed E-state index contributed by atoms with van der Waals surface area (Å²) in [5.41, 5.74) is 1.85. The van der Waals surface area contributed by atoms with Gasteiger partial charge in [-0.2, -0.15) is 13.2 Å². The second-order valence-corrected chi connectivity index (χ2v) is 4.08. The molecule has 1 aromatic heterocycles. The molecule has 0 unspecified atom stereocenters. The zero-order valence-electron chi connectivity index (χ0n) is 10.5. The number of amides is 1. The van der Waals surface area contributed by atoms with Gasteiger partial charge in [0, 0.05) is 37.6 Å². The lowest BCUT2D eigenvalue weighted by Gasteiger charge is -2.10. The first-order chi connectivity index (χ1) is 8.88. The van der Waals surface area contributed by atoms with Gasteiger partial charge in [0.1, 0.15) is 0 Å². The topological polar surface area (TPSA) is 54.0 Å². The molecule has 7 heteroatoms. The molecule has 0 spiro atoms. The molecular weight excluding hydrogens is 259 g/mol. The average Bonchev–Trinajstić information content (AvgIpc) is 2.33. The first kappa shape index (κ1) is 15.3. The van der Waals surface area contributed by atoms with Crippen molar-refractivity contribution in [1.82, 2.24) is 10.3 Å². The summed E-state index contributed by atoms with van der Waals surface area (Å²) in [5, 5.41) is 5.49. The molecule has 0 fully saturated rings. The minimum atomic E-state index is -4.29. The molecule has 0 atom stereocenters. The van der Waals surface area contributed by atoms with Crippen LogP contribution in [0.2, 0.25) is 0 Å². The number of anilines is 1. The molecule has 1 aromatic rings. The van der Waals surface area contributed by atoms with Crippen LogP contribution >= 0.6 is 0 Å². The van der Waals surface area contributed by atoms with Crippen LogP contribution in [-0.4, -0.2) is 30.2 Å². The first-order valence-electron chi connectivity index (χ1n) is 5.86. The molecule has 2 N–H and O–H groups in total. The van der Waals surface area contributed by atoms with E-state index in [1.54, 1.807) is 18.5 Å². The van der Waals surface area contributed by atoms with Gasteiger partial charge in [-0.1, -0.05) is 0 Å². The Bertz CT molecular complexity index is 421. The fourth-order valence-electron chi connectivity index (χ4n) is 1.41. The summed E-state index contributed by atoms with van der Waals surface area (Å²) >= 11 is 0. The smallest absolute Gasteiger partial charge is 0.383 e. The lowest BCUT2D eigenvalue weighted by molar-refractivity contribution is -0.144. The van der Waals surface area contributed by atoms with Crippen LogP contribution in [-0.2, 0) is 4.79 Å². The van der Waals surface area contributed by atoms with Crippen molar-refractivity contribution in [2.24, 2.45) is 0 Å². The van der Waals surface area contributed by atoms with Crippen LogP contribution in [0.3, 0.4) is 0 Å². The number of nitrogens with one attached hydrogen (secondary N) is 2. The van der Waals surface area contributed by atoms with Gasteiger partial charge in [0.15, 0.2) is 0 Å². The van der Waals surface area contributed by atoms with Crippen molar-refractivity contribution in [3.05, 3.63) is 24.0 Å². The first-order valence-corrected chi connectivity index (χ1v) is 5.86.